The average molecular weight is 250 g/mol. The Hall–Kier alpha value is -1.62. The van der Waals surface area contributed by atoms with E-state index in [1.54, 1.807) is 18.5 Å². The zero-order valence-electron chi connectivity index (χ0n) is 10.0. The summed E-state index contributed by atoms with van der Waals surface area (Å²) < 4.78 is 25.0. The minimum Gasteiger partial charge on any atom is -0.236 e. The summed E-state index contributed by atoms with van der Waals surface area (Å²) in [4.78, 5) is 0.321. The molecule has 0 atom stereocenters. The summed E-state index contributed by atoms with van der Waals surface area (Å²) in [5, 5.41) is 4.28. The highest BCUT2D eigenvalue weighted by Crippen LogP contribution is 2.21. The van der Waals surface area contributed by atoms with Gasteiger partial charge in [0.15, 0.2) is 9.84 Å². The van der Waals surface area contributed by atoms with Crippen LogP contribution in [-0.2, 0) is 9.84 Å². The number of para-hydroxylation sites is 1. The molecule has 0 saturated carbocycles. The van der Waals surface area contributed by atoms with Gasteiger partial charge in [-0.25, -0.2) is 13.1 Å². The van der Waals surface area contributed by atoms with Crippen molar-refractivity contribution in [2.24, 2.45) is 0 Å². The van der Waals surface area contributed by atoms with Crippen LogP contribution in [0.2, 0.25) is 0 Å². The molecule has 2 aromatic rings. The van der Waals surface area contributed by atoms with Crippen LogP contribution in [0.25, 0.3) is 5.69 Å². The van der Waals surface area contributed by atoms with Crippen molar-refractivity contribution in [1.29, 1.82) is 0 Å². The van der Waals surface area contributed by atoms with Crippen molar-refractivity contribution in [2.75, 3.05) is 6.26 Å². The number of aryl methyl sites for hydroxylation is 1. The number of hydrogen-bond acceptors (Lipinski definition) is 3. The van der Waals surface area contributed by atoms with E-state index >= 15 is 0 Å². The molecule has 0 fully saturated rings. The van der Waals surface area contributed by atoms with Gasteiger partial charge in [-0.15, -0.1) is 0 Å². The van der Waals surface area contributed by atoms with Gasteiger partial charge < -0.3 is 0 Å². The fraction of sp³-hybridized carbons (Fsp3) is 0.250. The lowest BCUT2D eigenvalue weighted by Crippen LogP contribution is -2.02. The van der Waals surface area contributed by atoms with Crippen molar-refractivity contribution in [2.45, 2.75) is 18.7 Å². The zero-order valence-corrected chi connectivity index (χ0v) is 10.8. The molecule has 0 bridgehead atoms. The number of hydrogen-bond donors (Lipinski definition) is 0. The third kappa shape index (κ3) is 2.10. The standard InChI is InChI=1S/C12H14N2O2S/c1-9-12(17(3,15)16)10(2)14(13-9)11-7-5-4-6-8-11/h4-8H,1-3H3. The molecule has 0 radical (unpaired) electrons. The molecule has 0 aliphatic rings. The van der Waals surface area contributed by atoms with Crippen LogP contribution >= 0.6 is 0 Å². The Morgan fingerprint density at radius 1 is 1.12 bits per heavy atom. The van der Waals surface area contributed by atoms with Crippen LogP contribution in [0, 0.1) is 13.8 Å². The molecule has 17 heavy (non-hydrogen) atoms. The van der Waals surface area contributed by atoms with Crippen molar-refractivity contribution in [1.82, 2.24) is 9.78 Å². The normalized spacial score (nSPS) is 11.7. The minimum atomic E-state index is -3.23. The second-order valence-electron chi connectivity index (χ2n) is 4.02. The Morgan fingerprint density at radius 3 is 2.18 bits per heavy atom. The Bertz CT molecular complexity index is 643. The summed E-state index contributed by atoms with van der Waals surface area (Å²) in [6, 6.07) is 9.49. The van der Waals surface area contributed by atoms with Crippen molar-refractivity contribution in [3.05, 3.63) is 41.7 Å². The highest BCUT2D eigenvalue weighted by atomic mass is 32.2. The van der Waals surface area contributed by atoms with Crippen molar-refractivity contribution in [3.8, 4) is 5.69 Å². The van der Waals surface area contributed by atoms with Crippen LogP contribution in [0.1, 0.15) is 11.4 Å². The van der Waals surface area contributed by atoms with Gasteiger partial charge in [-0.3, -0.25) is 0 Å². The predicted octanol–water partition coefficient (Wildman–Crippen LogP) is 1.89. The molecule has 0 amide bonds. The third-order valence-corrected chi connectivity index (χ3v) is 3.93. The van der Waals surface area contributed by atoms with Gasteiger partial charge in [0.25, 0.3) is 0 Å². The first kappa shape index (κ1) is 11.9. The Labute approximate surface area is 101 Å². The average Bonchev–Trinajstić information content (AvgIpc) is 2.54. The van der Waals surface area contributed by atoms with Gasteiger partial charge in [-0.2, -0.15) is 5.10 Å². The summed E-state index contributed by atoms with van der Waals surface area (Å²) in [7, 11) is -3.23. The molecule has 0 saturated heterocycles. The lowest BCUT2D eigenvalue weighted by Gasteiger charge is -2.04. The summed E-state index contributed by atoms with van der Waals surface area (Å²) >= 11 is 0. The van der Waals surface area contributed by atoms with E-state index in [2.05, 4.69) is 5.10 Å². The molecule has 1 heterocycles. The van der Waals surface area contributed by atoms with E-state index in [4.69, 9.17) is 0 Å². The summed E-state index contributed by atoms with van der Waals surface area (Å²) in [6.45, 7) is 3.48. The summed E-state index contributed by atoms with van der Waals surface area (Å²) in [5.74, 6) is 0. The first-order chi connectivity index (χ1) is 7.91. The molecule has 1 aromatic heterocycles. The van der Waals surface area contributed by atoms with Crippen LogP contribution in [0.4, 0.5) is 0 Å². The van der Waals surface area contributed by atoms with Crippen LogP contribution in [0.5, 0.6) is 0 Å². The SMILES string of the molecule is Cc1nn(-c2ccccc2)c(C)c1S(C)(=O)=O. The first-order valence-electron chi connectivity index (χ1n) is 5.23. The maximum absolute atomic E-state index is 11.7. The van der Waals surface area contributed by atoms with Gasteiger partial charge >= 0.3 is 0 Å². The molecule has 4 nitrogen and oxygen atoms in total. The molecule has 0 N–H and O–H groups in total. The fourth-order valence-corrected chi connectivity index (χ4v) is 3.19. The van der Waals surface area contributed by atoms with Crippen LogP contribution < -0.4 is 0 Å². The van der Waals surface area contributed by atoms with E-state index in [-0.39, 0.29) is 0 Å². The molecular weight excluding hydrogens is 236 g/mol. The third-order valence-electron chi connectivity index (χ3n) is 2.60. The van der Waals surface area contributed by atoms with Gasteiger partial charge in [0.05, 0.1) is 17.1 Å². The van der Waals surface area contributed by atoms with E-state index in [9.17, 15) is 8.42 Å². The topological polar surface area (TPSA) is 52.0 Å². The van der Waals surface area contributed by atoms with Gasteiger partial charge in [0.1, 0.15) is 4.90 Å². The van der Waals surface area contributed by atoms with Crippen molar-refractivity contribution in [3.63, 3.8) is 0 Å². The van der Waals surface area contributed by atoms with E-state index in [1.165, 1.54) is 6.26 Å². The number of aromatic nitrogens is 2. The molecule has 5 heteroatoms. The molecule has 0 unspecified atom stereocenters. The molecule has 2 rings (SSSR count). The number of rotatable bonds is 2. The maximum Gasteiger partial charge on any atom is 0.179 e. The molecule has 0 aliphatic heterocycles. The van der Waals surface area contributed by atoms with E-state index in [0.29, 0.717) is 16.3 Å². The molecule has 1 aromatic carbocycles. The van der Waals surface area contributed by atoms with Crippen LogP contribution in [0.3, 0.4) is 0 Å². The summed E-state index contributed by atoms with van der Waals surface area (Å²) in [5.41, 5.74) is 2.05. The summed E-state index contributed by atoms with van der Waals surface area (Å²) in [6.07, 6.45) is 1.21. The van der Waals surface area contributed by atoms with Gasteiger partial charge in [0, 0.05) is 6.26 Å². The second-order valence-corrected chi connectivity index (χ2v) is 5.97. The zero-order chi connectivity index (χ0) is 12.6. The predicted molar refractivity (Wildman–Crippen MR) is 66.1 cm³/mol. The minimum absolute atomic E-state index is 0.321. The lowest BCUT2D eigenvalue weighted by molar-refractivity contribution is 0.600. The van der Waals surface area contributed by atoms with Crippen molar-refractivity contribution >= 4 is 9.84 Å². The number of benzene rings is 1. The highest BCUT2D eigenvalue weighted by Gasteiger charge is 2.20. The number of nitrogens with zero attached hydrogens (tertiary/aromatic N) is 2. The Balaban J connectivity index is 2.69. The van der Waals surface area contributed by atoms with E-state index in [1.807, 2.05) is 30.3 Å². The lowest BCUT2D eigenvalue weighted by atomic mass is 10.3. The molecule has 0 aliphatic carbocycles. The molecule has 90 valence electrons. The van der Waals surface area contributed by atoms with Crippen LogP contribution in [0.15, 0.2) is 35.2 Å². The van der Waals surface area contributed by atoms with Gasteiger partial charge in [0.2, 0.25) is 0 Å². The van der Waals surface area contributed by atoms with Gasteiger partial charge in [-0.05, 0) is 26.0 Å². The first-order valence-corrected chi connectivity index (χ1v) is 7.12. The fourth-order valence-electron chi connectivity index (χ4n) is 1.99. The quantitative estimate of drug-likeness (QED) is 0.818. The van der Waals surface area contributed by atoms with Crippen LogP contribution in [-0.4, -0.2) is 24.5 Å². The monoisotopic (exact) mass is 250 g/mol. The number of sulfone groups is 1. The molecular formula is C12H14N2O2S. The maximum atomic E-state index is 11.7. The second kappa shape index (κ2) is 4.00. The van der Waals surface area contributed by atoms with E-state index < -0.39 is 9.84 Å². The van der Waals surface area contributed by atoms with Gasteiger partial charge in [-0.1, -0.05) is 18.2 Å². The Kier molecular flexibility index (Phi) is 2.79. The van der Waals surface area contributed by atoms with E-state index in [0.717, 1.165) is 5.69 Å². The smallest absolute Gasteiger partial charge is 0.179 e. The highest BCUT2D eigenvalue weighted by molar-refractivity contribution is 7.90. The van der Waals surface area contributed by atoms with Crippen molar-refractivity contribution < 1.29 is 8.42 Å². The molecule has 0 spiro atoms. The Morgan fingerprint density at radius 2 is 1.71 bits per heavy atom. The largest absolute Gasteiger partial charge is 0.236 e.